The Labute approximate surface area is 99.6 Å². The van der Waals surface area contributed by atoms with Crippen LogP contribution >= 0.6 is 11.8 Å². The monoisotopic (exact) mass is 242 g/mol. The molecule has 1 amide bonds. The molecular weight excluding hydrogens is 224 g/mol. The van der Waals surface area contributed by atoms with E-state index in [9.17, 15) is 4.79 Å². The van der Waals surface area contributed by atoms with Crippen LogP contribution in [0.2, 0.25) is 0 Å². The van der Waals surface area contributed by atoms with E-state index < -0.39 is 6.04 Å². The predicted molar refractivity (Wildman–Crippen MR) is 67.7 cm³/mol. The molecule has 90 valence electrons. The number of aromatic amines is 1. The maximum Gasteiger partial charge on any atom is 0.242 e. The molecule has 0 radical (unpaired) electrons. The van der Waals surface area contributed by atoms with Crippen molar-refractivity contribution in [2.75, 3.05) is 17.3 Å². The van der Waals surface area contributed by atoms with E-state index in [0.717, 1.165) is 17.0 Å². The highest BCUT2D eigenvalue weighted by Crippen LogP contribution is 2.14. The standard InChI is InChI=1S/C10H18N4OS/c1-6-7(2)13-14-9(6)12-10(15)8(11)4-5-16-3/h8H,4-5,11H2,1-3H3,(H2,12,13,14,15)/t8-/m1/s1. The number of anilines is 1. The van der Waals surface area contributed by atoms with E-state index >= 15 is 0 Å². The van der Waals surface area contributed by atoms with Crippen LogP contribution in [0.4, 0.5) is 5.82 Å². The SMILES string of the molecule is CSCC[C@@H](N)C(=O)Nc1n[nH]c(C)c1C. The summed E-state index contributed by atoms with van der Waals surface area (Å²) in [7, 11) is 0. The molecule has 0 spiro atoms. The lowest BCUT2D eigenvalue weighted by Gasteiger charge is -2.10. The zero-order valence-corrected chi connectivity index (χ0v) is 10.6. The Morgan fingerprint density at radius 3 is 2.81 bits per heavy atom. The molecule has 0 fully saturated rings. The molecule has 0 aliphatic heterocycles. The first kappa shape index (κ1) is 13.1. The average Bonchev–Trinajstić information content (AvgIpc) is 2.57. The molecule has 0 saturated carbocycles. The van der Waals surface area contributed by atoms with Crippen LogP contribution in [0.25, 0.3) is 0 Å². The van der Waals surface area contributed by atoms with Gasteiger partial charge in [-0.05, 0) is 32.3 Å². The second kappa shape index (κ2) is 5.91. The van der Waals surface area contributed by atoms with Crippen molar-refractivity contribution < 1.29 is 4.79 Å². The summed E-state index contributed by atoms with van der Waals surface area (Å²) in [4.78, 5) is 11.7. The number of carbonyl (C=O) groups is 1. The minimum absolute atomic E-state index is 0.177. The summed E-state index contributed by atoms with van der Waals surface area (Å²) >= 11 is 1.68. The lowest BCUT2D eigenvalue weighted by molar-refractivity contribution is -0.117. The van der Waals surface area contributed by atoms with Crippen LogP contribution < -0.4 is 11.1 Å². The molecule has 1 atom stereocenters. The maximum atomic E-state index is 11.7. The molecule has 6 heteroatoms. The highest BCUT2D eigenvalue weighted by molar-refractivity contribution is 7.98. The number of H-pyrrole nitrogens is 1. The topological polar surface area (TPSA) is 83.8 Å². The Kier molecular flexibility index (Phi) is 4.82. The summed E-state index contributed by atoms with van der Waals surface area (Å²) < 4.78 is 0. The fraction of sp³-hybridized carbons (Fsp3) is 0.600. The number of nitrogens with zero attached hydrogens (tertiary/aromatic N) is 1. The van der Waals surface area contributed by atoms with Gasteiger partial charge in [-0.3, -0.25) is 9.89 Å². The first-order valence-corrected chi connectivity index (χ1v) is 6.52. The molecule has 0 saturated heterocycles. The summed E-state index contributed by atoms with van der Waals surface area (Å²) in [5.74, 6) is 1.28. The van der Waals surface area contributed by atoms with Gasteiger partial charge in [0.05, 0.1) is 6.04 Å². The number of carbonyl (C=O) groups excluding carboxylic acids is 1. The third-order valence-corrected chi connectivity index (χ3v) is 3.11. The van der Waals surface area contributed by atoms with E-state index in [-0.39, 0.29) is 5.91 Å². The molecule has 1 aromatic heterocycles. The number of rotatable bonds is 5. The molecule has 1 heterocycles. The van der Waals surface area contributed by atoms with Crippen LogP contribution in [0.15, 0.2) is 0 Å². The summed E-state index contributed by atoms with van der Waals surface area (Å²) in [6.07, 6.45) is 2.67. The lowest BCUT2D eigenvalue weighted by atomic mass is 10.2. The number of aryl methyl sites for hydroxylation is 1. The van der Waals surface area contributed by atoms with Gasteiger partial charge in [-0.25, -0.2) is 0 Å². The third-order valence-electron chi connectivity index (χ3n) is 2.46. The molecule has 0 bridgehead atoms. The van der Waals surface area contributed by atoms with Gasteiger partial charge in [-0.15, -0.1) is 0 Å². The number of nitrogens with two attached hydrogens (primary N) is 1. The van der Waals surface area contributed by atoms with E-state index in [1.165, 1.54) is 0 Å². The van der Waals surface area contributed by atoms with Crippen LogP contribution in [0, 0.1) is 13.8 Å². The number of aromatic nitrogens is 2. The molecule has 4 N–H and O–H groups in total. The smallest absolute Gasteiger partial charge is 0.242 e. The number of nitrogens with one attached hydrogen (secondary N) is 2. The third kappa shape index (κ3) is 3.24. The summed E-state index contributed by atoms with van der Waals surface area (Å²) in [6, 6.07) is -0.469. The number of thioether (sulfide) groups is 1. The summed E-state index contributed by atoms with van der Waals surface area (Å²) in [6.45, 7) is 3.81. The van der Waals surface area contributed by atoms with E-state index in [0.29, 0.717) is 12.2 Å². The van der Waals surface area contributed by atoms with Crippen LogP contribution in [0.3, 0.4) is 0 Å². The summed E-state index contributed by atoms with van der Waals surface area (Å²) in [5, 5.41) is 9.54. The normalized spacial score (nSPS) is 12.5. The summed E-state index contributed by atoms with van der Waals surface area (Å²) in [5.41, 5.74) is 7.65. The van der Waals surface area contributed by atoms with Gasteiger partial charge in [-0.2, -0.15) is 16.9 Å². The Morgan fingerprint density at radius 2 is 2.31 bits per heavy atom. The minimum Gasteiger partial charge on any atom is -0.320 e. The average molecular weight is 242 g/mol. The Morgan fingerprint density at radius 1 is 1.62 bits per heavy atom. The lowest BCUT2D eigenvalue weighted by Crippen LogP contribution is -2.36. The minimum atomic E-state index is -0.469. The van der Waals surface area contributed by atoms with Crippen molar-refractivity contribution in [3.05, 3.63) is 11.3 Å². The predicted octanol–water partition coefficient (Wildman–Crippen LogP) is 1.05. The highest BCUT2D eigenvalue weighted by atomic mass is 32.2. The van der Waals surface area contributed by atoms with E-state index in [1.54, 1.807) is 11.8 Å². The Hall–Kier alpha value is -1.01. The van der Waals surface area contributed by atoms with Gasteiger partial charge >= 0.3 is 0 Å². The highest BCUT2D eigenvalue weighted by Gasteiger charge is 2.15. The molecule has 1 rings (SSSR count). The second-order valence-electron chi connectivity index (χ2n) is 3.70. The molecule has 16 heavy (non-hydrogen) atoms. The van der Waals surface area contributed by atoms with E-state index in [2.05, 4.69) is 15.5 Å². The fourth-order valence-electron chi connectivity index (χ4n) is 1.19. The molecule has 0 unspecified atom stereocenters. The molecule has 1 aromatic rings. The van der Waals surface area contributed by atoms with Crippen molar-refractivity contribution >= 4 is 23.5 Å². The number of hydrogen-bond acceptors (Lipinski definition) is 4. The van der Waals surface area contributed by atoms with Gasteiger partial charge < -0.3 is 11.1 Å². The van der Waals surface area contributed by atoms with Crippen molar-refractivity contribution in [1.29, 1.82) is 0 Å². The first-order valence-electron chi connectivity index (χ1n) is 5.13. The number of amides is 1. The molecule has 0 aromatic carbocycles. The molecule has 0 aliphatic rings. The van der Waals surface area contributed by atoms with Gasteiger partial charge in [0, 0.05) is 11.3 Å². The first-order chi connectivity index (χ1) is 7.56. The van der Waals surface area contributed by atoms with Crippen LogP contribution in [0.5, 0.6) is 0 Å². The fourth-order valence-corrected chi connectivity index (χ4v) is 1.68. The van der Waals surface area contributed by atoms with Gasteiger partial charge in [0.15, 0.2) is 5.82 Å². The zero-order valence-electron chi connectivity index (χ0n) is 9.83. The number of hydrogen-bond donors (Lipinski definition) is 3. The van der Waals surface area contributed by atoms with E-state index in [1.807, 2.05) is 20.1 Å². The van der Waals surface area contributed by atoms with Crippen LogP contribution in [-0.2, 0) is 4.79 Å². The van der Waals surface area contributed by atoms with Gasteiger partial charge in [0.1, 0.15) is 0 Å². The molecule has 0 aliphatic carbocycles. The largest absolute Gasteiger partial charge is 0.320 e. The zero-order chi connectivity index (χ0) is 12.1. The van der Waals surface area contributed by atoms with Crippen LogP contribution in [0.1, 0.15) is 17.7 Å². The van der Waals surface area contributed by atoms with Gasteiger partial charge in [0.25, 0.3) is 0 Å². The van der Waals surface area contributed by atoms with Gasteiger partial charge in [-0.1, -0.05) is 0 Å². The van der Waals surface area contributed by atoms with Crippen LogP contribution in [-0.4, -0.2) is 34.2 Å². The van der Waals surface area contributed by atoms with Crippen molar-refractivity contribution in [3.8, 4) is 0 Å². The van der Waals surface area contributed by atoms with Crippen molar-refractivity contribution in [1.82, 2.24) is 10.2 Å². The second-order valence-corrected chi connectivity index (χ2v) is 4.69. The molecular formula is C10H18N4OS. The van der Waals surface area contributed by atoms with Gasteiger partial charge in [0.2, 0.25) is 5.91 Å². The van der Waals surface area contributed by atoms with Crippen molar-refractivity contribution in [3.63, 3.8) is 0 Å². The maximum absolute atomic E-state index is 11.7. The molecule has 5 nitrogen and oxygen atoms in total. The van der Waals surface area contributed by atoms with E-state index in [4.69, 9.17) is 5.73 Å². The Bertz CT molecular complexity index is 364. The Balaban J connectivity index is 2.54. The van der Waals surface area contributed by atoms with Crippen molar-refractivity contribution in [2.24, 2.45) is 5.73 Å². The van der Waals surface area contributed by atoms with Crippen molar-refractivity contribution in [2.45, 2.75) is 26.3 Å². The quantitative estimate of drug-likeness (QED) is 0.720.